The van der Waals surface area contributed by atoms with Crippen molar-refractivity contribution < 1.29 is 4.79 Å². The van der Waals surface area contributed by atoms with Gasteiger partial charge in [-0.2, -0.15) is 0 Å². The number of rotatable bonds is 5. The van der Waals surface area contributed by atoms with Gasteiger partial charge in [0.15, 0.2) is 0 Å². The summed E-state index contributed by atoms with van der Waals surface area (Å²) in [6.45, 7) is 7.25. The number of anilines is 2. The average molecular weight is 272 g/mol. The van der Waals surface area contributed by atoms with Gasteiger partial charge in [0, 0.05) is 31.0 Å². The molecule has 0 radical (unpaired) electrons. The maximum atomic E-state index is 11.1. The molecule has 20 heavy (non-hydrogen) atoms. The molecular weight excluding hydrogens is 252 g/mol. The molecule has 2 aromatic rings. The van der Waals surface area contributed by atoms with Crippen molar-refractivity contribution in [3.63, 3.8) is 0 Å². The van der Waals surface area contributed by atoms with Crippen LogP contribution in [0.25, 0.3) is 0 Å². The minimum atomic E-state index is -0.0659. The maximum absolute atomic E-state index is 11.1. The normalized spacial score (nSPS) is 10.3. The highest BCUT2D eigenvalue weighted by molar-refractivity contribution is 5.89. The summed E-state index contributed by atoms with van der Waals surface area (Å²) in [5, 5.41) is 6.18. The highest BCUT2D eigenvalue weighted by Gasteiger charge is 2.04. The van der Waals surface area contributed by atoms with Crippen molar-refractivity contribution in [1.82, 2.24) is 9.55 Å². The van der Waals surface area contributed by atoms with Crippen molar-refractivity contribution in [2.75, 3.05) is 10.6 Å². The second-order valence-corrected chi connectivity index (χ2v) is 4.74. The van der Waals surface area contributed by atoms with E-state index >= 15 is 0 Å². The number of nitrogens with one attached hydrogen (secondary N) is 2. The maximum Gasteiger partial charge on any atom is 0.221 e. The van der Waals surface area contributed by atoms with E-state index in [1.807, 2.05) is 37.6 Å². The lowest BCUT2D eigenvalue weighted by Gasteiger charge is -2.12. The molecule has 0 atom stereocenters. The Morgan fingerprint density at radius 3 is 2.90 bits per heavy atom. The largest absolute Gasteiger partial charge is 0.379 e. The third-order valence-corrected chi connectivity index (χ3v) is 3.16. The van der Waals surface area contributed by atoms with Gasteiger partial charge in [0.05, 0.1) is 18.6 Å². The van der Waals surface area contributed by atoms with Gasteiger partial charge in [0.1, 0.15) is 0 Å². The number of aromatic nitrogens is 2. The Hall–Kier alpha value is -2.30. The average Bonchev–Trinajstić information content (AvgIpc) is 2.86. The van der Waals surface area contributed by atoms with Crippen LogP contribution < -0.4 is 10.6 Å². The molecule has 1 aromatic heterocycles. The molecule has 0 saturated heterocycles. The summed E-state index contributed by atoms with van der Waals surface area (Å²) < 4.78 is 2.10. The van der Waals surface area contributed by atoms with E-state index in [1.54, 1.807) is 0 Å². The van der Waals surface area contributed by atoms with E-state index in [1.165, 1.54) is 6.92 Å². The van der Waals surface area contributed by atoms with Gasteiger partial charge in [-0.1, -0.05) is 6.07 Å². The van der Waals surface area contributed by atoms with E-state index in [2.05, 4.69) is 27.1 Å². The number of carbonyl (C=O) groups excluding carboxylic acids is 1. The highest BCUT2D eigenvalue weighted by atomic mass is 16.1. The molecule has 0 unspecified atom stereocenters. The molecule has 2 N–H and O–H groups in total. The lowest BCUT2D eigenvalue weighted by Crippen LogP contribution is -2.09. The molecule has 2 rings (SSSR count). The van der Waals surface area contributed by atoms with Crippen LogP contribution in [-0.2, 0) is 17.9 Å². The predicted octanol–water partition coefficient (Wildman–Crippen LogP) is 2.78. The topological polar surface area (TPSA) is 59.0 Å². The van der Waals surface area contributed by atoms with Crippen LogP contribution >= 0.6 is 0 Å². The van der Waals surface area contributed by atoms with Crippen LogP contribution in [0.15, 0.2) is 30.7 Å². The Balaban J connectivity index is 2.10. The van der Waals surface area contributed by atoms with Gasteiger partial charge < -0.3 is 15.2 Å². The quantitative estimate of drug-likeness (QED) is 0.880. The van der Waals surface area contributed by atoms with E-state index in [-0.39, 0.29) is 5.91 Å². The Labute approximate surface area is 119 Å². The van der Waals surface area contributed by atoms with E-state index in [9.17, 15) is 4.79 Å². The molecule has 0 aliphatic heterocycles. The Bertz CT molecular complexity index is 604. The lowest BCUT2D eigenvalue weighted by atomic mass is 10.1. The van der Waals surface area contributed by atoms with E-state index < -0.39 is 0 Å². The molecule has 5 heteroatoms. The van der Waals surface area contributed by atoms with E-state index in [4.69, 9.17) is 0 Å². The van der Waals surface area contributed by atoms with Crippen molar-refractivity contribution >= 4 is 17.3 Å². The fourth-order valence-corrected chi connectivity index (χ4v) is 2.06. The number of amides is 1. The van der Waals surface area contributed by atoms with Gasteiger partial charge in [0.2, 0.25) is 5.91 Å². The molecule has 106 valence electrons. The summed E-state index contributed by atoms with van der Waals surface area (Å²) >= 11 is 0. The van der Waals surface area contributed by atoms with Crippen molar-refractivity contribution in [1.29, 1.82) is 0 Å². The van der Waals surface area contributed by atoms with Crippen LogP contribution in [0.2, 0.25) is 0 Å². The third-order valence-electron chi connectivity index (χ3n) is 3.16. The van der Waals surface area contributed by atoms with E-state index in [0.717, 1.165) is 29.2 Å². The molecule has 0 spiro atoms. The number of hydrogen-bond donors (Lipinski definition) is 2. The van der Waals surface area contributed by atoms with Gasteiger partial charge in [-0.05, 0) is 31.5 Å². The minimum absolute atomic E-state index is 0.0659. The molecule has 1 amide bonds. The van der Waals surface area contributed by atoms with Crippen molar-refractivity contribution in [2.45, 2.75) is 33.9 Å². The summed E-state index contributed by atoms with van der Waals surface area (Å²) in [5.41, 5.74) is 4.09. The van der Waals surface area contributed by atoms with Crippen LogP contribution in [0.5, 0.6) is 0 Å². The number of nitrogens with zero attached hydrogens (tertiary/aromatic N) is 2. The van der Waals surface area contributed by atoms with Crippen LogP contribution in [0.1, 0.15) is 25.1 Å². The molecule has 0 fully saturated rings. The molecule has 0 bridgehead atoms. The fourth-order valence-electron chi connectivity index (χ4n) is 2.06. The highest BCUT2D eigenvalue weighted by Crippen LogP contribution is 2.21. The first-order chi connectivity index (χ1) is 9.60. The van der Waals surface area contributed by atoms with Crippen LogP contribution in [-0.4, -0.2) is 15.5 Å². The minimum Gasteiger partial charge on any atom is -0.379 e. The van der Waals surface area contributed by atoms with E-state index in [0.29, 0.717) is 6.54 Å². The molecule has 5 nitrogen and oxygen atoms in total. The lowest BCUT2D eigenvalue weighted by molar-refractivity contribution is -0.114. The molecule has 0 aliphatic carbocycles. The smallest absolute Gasteiger partial charge is 0.221 e. The number of hydrogen-bond acceptors (Lipinski definition) is 3. The second kappa shape index (κ2) is 6.23. The Kier molecular flexibility index (Phi) is 4.40. The fraction of sp³-hybridized carbons (Fsp3) is 0.333. The summed E-state index contributed by atoms with van der Waals surface area (Å²) in [5.74, 6) is -0.0659. The first kappa shape index (κ1) is 14.1. The zero-order chi connectivity index (χ0) is 14.5. The van der Waals surface area contributed by atoms with Gasteiger partial charge in [-0.15, -0.1) is 0 Å². The molecular formula is C15H20N4O. The van der Waals surface area contributed by atoms with Crippen LogP contribution in [0.3, 0.4) is 0 Å². The van der Waals surface area contributed by atoms with Gasteiger partial charge in [0.25, 0.3) is 0 Å². The standard InChI is InChI=1S/C15H20N4O/c1-4-19-10-16-8-14(19)9-17-15-7-13(18-12(3)20)6-5-11(15)2/h5-8,10,17H,4,9H2,1-3H3,(H,18,20). The van der Waals surface area contributed by atoms with Gasteiger partial charge >= 0.3 is 0 Å². The number of carbonyl (C=O) groups is 1. The first-order valence-corrected chi connectivity index (χ1v) is 6.71. The summed E-state index contributed by atoms with van der Waals surface area (Å²) in [7, 11) is 0. The van der Waals surface area contributed by atoms with Crippen molar-refractivity contribution in [3.05, 3.63) is 42.0 Å². The third kappa shape index (κ3) is 3.38. The monoisotopic (exact) mass is 272 g/mol. The second-order valence-electron chi connectivity index (χ2n) is 4.74. The van der Waals surface area contributed by atoms with Crippen molar-refractivity contribution in [2.24, 2.45) is 0 Å². The predicted molar refractivity (Wildman–Crippen MR) is 80.7 cm³/mol. The zero-order valence-electron chi connectivity index (χ0n) is 12.1. The van der Waals surface area contributed by atoms with Gasteiger partial charge in [-0.25, -0.2) is 4.98 Å². The van der Waals surface area contributed by atoms with Crippen LogP contribution in [0, 0.1) is 6.92 Å². The van der Waals surface area contributed by atoms with Gasteiger partial charge in [-0.3, -0.25) is 4.79 Å². The van der Waals surface area contributed by atoms with Crippen molar-refractivity contribution in [3.8, 4) is 0 Å². The summed E-state index contributed by atoms with van der Waals surface area (Å²) in [4.78, 5) is 15.2. The Morgan fingerprint density at radius 1 is 1.40 bits per heavy atom. The number of benzene rings is 1. The summed E-state index contributed by atoms with van der Waals surface area (Å²) in [6.07, 6.45) is 3.70. The molecule has 1 aromatic carbocycles. The molecule has 0 aliphatic rings. The molecule has 0 saturated carbocycles. The molecule has 1 heterocycles. The number of imidazole rings is 1. The first-order valence-electron chi connectivity index (χ1n) is 6.71. The number of aryl methyl sites for hydroxylation is 2. The SMILES string of the molecule is CCn1cncc1CNc1cc(NC(C)=O)ccc1C. The van der Waals surface area contributed by atoms with Crippen LogP contribution in [0.4, 0.5) is 11.4 Å². The Morgan fingerprint density at radius 2 is 2.20 bits per heavy atom. The summed E-state index contributed by atoms with van der Waals surface area (Å²) in [6, 6.07) is 5.84. The zero-order valence-corrected chi connectivity index (χ0v) is 12.1.